The number of allylic oxidation sites excluding steroid dienone is 1. The van der Waals surface area contributed by atoms with Crippen molar-refractivity contribution in [3.8, 4) is 0 Å². The Balaban J connectivity index is 1.82. The van der Waals surface area contributed by atoms with Crippen molar-refractivity contribution in [3.63, 3.8) is 0 Å². The highest BCUT2D eigenvalue weighted by Gasteiger charge is 2.26. The Morgan fingerprint density at radius 1 is 1.38 bits per heavy atom. The Hall–Kier alpha value is -0.300. The first-order valence-corrected chi connectivity index (χ1v) is 6.96. The largest absolute Gasteiger partial charge is 0.378 e. The highest BCUT2D eigenvalue weighted by molar-refractivity contribution is 5.12. The molecule has 2 bridgehead atoms. The van der Waals surface area contributed by atoms with Gasteiger partial charge in [-0.2, -0.15) is 0 Å². The van der Waals surface area contributed by atoms with E-state index in [0.717, 1.165) is 12.5 Å². The number of rotatable bonds is 4. The Morgan fingerprint density at radius 2 is 2.19 bits per heavy atom. The fourth-order valence-electron chi connectivity index (χ4n) is 2.96. The predicted octanol–water partition coefficient (Wildman–Crippen LogP) is 4.18. The van der Waals surface area contributed by atoms with Crippen LogP contribution in [0, 0.1) is 17.8 Å². The highest BCUT2D eigenvalue weighted by Crippen LogP contribution is 2.38. The van der Waals surface area contributed by atoms with E-state index < -0.39 is 0 Å². The third-order valence-electron chi connectivity index (χ3n) is 4.28. The topological polar surface area (TPSA) is 9.23 Å². The second kappa shape index (κ2) is 5.35. The van der Waals surface area contributed by atoms with Gasteiger partial charge in [0, 0.05) is 5.92 Å². The lowest BCUT2D eigenvalue weighted by Crippen LogP contribution is -2.25. The molecule has 0 aromatic carbocycles. The minimum absolute atomic E-state index is 0.403. The molecule has 92 valence electrons. The zero-order chi connectivity index (χ0) is 11.5. The Bertz CT molecular complexity index is 254. The van der Waals surface area contributed by atoms with Gasteiger partial charge in [0.25, 0.3) is 0 Å². The molecular formula is C15H26O. The Labute approximate surface area is 100 Å². The molecule has 1 saturated carbocycles. The van der Waals surface area contributed by atoms with Gasteiger partial charge in [-0.3, -0.25) is 0 Å². The molecule has 0 spiro atoms. The molecule has 2 unspecified atom stereocenters. The molecule has 1 heteroatoms. The van der Waals surface area contributed by atoms with Crippen LogP contribution in [0.3, 0.4) is 0 Å². The maximum atomic E-state index is 5.96. The van der Waals surface area contributed by atoms with Crippen LogP contribution in [0.1, 0.15) is 52.9 Å². The minimum atomic E-state index is 0.403. The molecule has 1 fully saturated rings. The highest BCUT2D eigenvalue weighted by atomic mass is 16.5. The van der Waals surface area contributed by atoms with Gasteiger partial charge in [-0.1, -0.05) is 25.5 Å². The van der Waals surface area contributed by atoms with Gasteiger partial charge in [-0.15, -0.1) is 0 Å². The van der Waals surface area contributed by atoms with Gasteiger partial charge < -0.3 is 4.74 Å². The van der Waals surface area contributed by atoms with Crippen LogP contribution in [0.15, 0.2) is 11.6 Å². The predicted molar refractivity (Wildman–Crippen MR) is 68.4 cm³/mol. The zero-order valence-electron chi connectivity index (χ0n) is 11.0. The summed E-state index contributed by atoms with van der Waals surface area (Å²) in [6.45, 7) is 7.61. The van der Waals surface area contributed by atoms with Crippen LogP contribution in [-0.4, -0.2) is 12.7 Å². The summed E-state index contributed by atoms with van der Waals surface area (Å²) < 4.78 is 5.96. The second-order valence-electron chi connectivity index (χ2n) is 6.07. The van der Waals surface area contributed by atoms with E-state index in [-0.39, 0.29) is 0 Å². The van der Waals surface area contributed by atoms with E-state index in [4.69, 9.17) is 4.74 Å². The van der Waals surface area contributed by atoms with Crippen molar-refractivity contribution in [2.45, 2.75) is 59.0 Å². The standard InChI is InChI=1S/C15H26O/c1-11(2)12(3)16-10-15-8-13-5-4-6-14(7-13)9-15/h8,11-12,14-15H,4-7,9-10H2,1-3H3/t12-,14?,15?/m0/s1. The van der Waals surface area contributed by atoms with Crippen LogP contribution >= 0.6 is 0 Å². The van der Waals surface area contributed by atoms with Crippen LogP contribution in [0.2, 0.25) is 0 Å². The quantitative estimate of drug-likeness (QED) is 0.648. The molecule has 0 aromatic rings. The molecule has 0 amide bonds. The number of hydrogen-bond donors (Lipinski definition) is 0. The first kappa shape index (κ1) is 12.2. The summed E-state index contributed by atoms with van der Waals surface area (Å²) in [4.78, 5) is 0. The van der Waals surface area contributed by atoms with Gasteiger partial charge in [0.05, 0.1) is 12.7 Å². The zero-order valence-corrected chi connectivity index (χ0v) is 11.0. The smallest absolute Gasteiger partial charge is 0.0570 e. The summed E-state index contributed by atoms with van der Waals surface area (Å²) >= 11 is 0. The van der Waals surface area contributed by atoms with Crippen molar-refractivity contribution in [3.05, 3.63) is 11.6 Å². The molecule has 0 aromatic heterocycles. The van der Waals surface area contributed by atoms with Crippen molar-refractivity contribution in [1.82, 2.24) is 0 Å². The first-order valence-electron chi connectivity index (χ1n) is 6.96. The molecule has 0 saturated heterocycles. The number of hydrogen-bond acceptors (Lipinski definition) is 1. The summed E-state index contributed by atoms with van der Waals surface area (Å²) in [5.74, 6) is 2.31. The van der Waals surface area contributed by atoms with Gasteiger partial charge in [-0.05, 0) is 50.9 Å². The first-order chi connectivity index (χ1) is 7.65. The number of ether oxygens (including phenoxy) is 1. The van der Waals surface area contributed by atoms with E-state index >= 15 is 0 Å². The van der Waals surface area contributed by atoms with E-state index in [9.17, 15) is 0 Å². The molecule has 0 N–H and O–H groups in total. The maximum Gasteiger partial charge on any atom is 0.0570 e. The molecule has 16 heavy (non-hydrogen) atoms. The fraction of sp³-hybridized carbons (Fsp3) is 0.867. The van der Waals surface area contributed by atoms with Gasteiger partial charge in [-0.25, -0.2) is 0 Å². The average molecular weight is 222 g/mol. The van der Waals surface area contributed by atoms with E-state index in [2.05, 4.69) is 26.8 Å². The van der Waals surface area contributed by atoms with Gasteiger partial charge in [0.2, 0.25) is 0 Å². The lowest BCUT2D eigenvalue weighted by atomic mass is 9.75. The van der Waals surface area contributed by atoms with E-state index in [1.54, 1.807) is 5.57 Å². The van der Waals surface area contributed by atoms with Crippen LogP contribution in [0.5, 0.6) is 0 Å². The van der Waals surface area contributed by atoms with E-state index in [0.29, 0.717) is 17.9 Å². The van der Waals surface area contributed by atoms with Crippen molar-refractivity contribution in [2.75, 3.05) is 6.61 Å². The van der Waals surface area contributed by atoms with E-state index in [1.807, 2.05) is 0 Å². The van der Waals surface area contributed by atoms with Crippen LogP contribution in [0.4, 0.5) is 0 Å². The average Bonchev–Trinajstić information content (AvgIpc) is 2.25. The molecule has 0 radical (unpaired) electrons. The minimum Gasteiger partial charge on any atom is -0.378 e. The summed E-state index contributed by atoms with van der Waals surface area (Å²) in [6, 6.07) is 0. The monoisotopic (exact) mass is 222 g/mol. The maximum absolute atomic E-state index is 5.96. The van der Waals surface area contributed by atoms with Gasteiger partial charge in [0.1, 0.15) is 0 Å². The second-order valence-corrected chi connectivity index (χ2v) is 6.07. The van der Waals surface area contributed by atoms with Crippen molar-refractivity contribution < 1.29 is 4.74 Å². The van der Waals surface area contributed by atoms with Crippen LogP contribution in [-0.2, 0) is 4.74 Å². The fourth-order valence-corrected chi connectivity index (χ4v) is 2.96. The summed E-state index contributed by atoms with van der Waals surface area (Å²) in [5.41, 5.74) is 1.72. The molecule has 2 rings (SSSR count). The lowest BCUT2D eigenvalue weighted by Gasteiger charge is -2.33. The van der Waals surface area contributed by atoms with Crippen molar-refractivity contribution in [2.24, 2.45) is 17.8 Å². The SMILES string of the molecule is CC(C)[C@H](C)OCC1C=C2CCCC(C2)C1. The summed E-state index contributed by atoms with van der Waals surface area (Å²) in [6.07, 6.45) is 9.90. The normalized spacial score (nSPS) is 31.4. The lowest BCUT2D eigenvalue weighted by molar-refractivity contribution is 0.0155. The molecule has 0 heterocycles. The molecule has 1 nitrogen and oxygen atoms in total. The molecule has 0 aliphatic heterocycles. The Kier molecular flexibility index (Phi) is 4.07. The molecular weight excluding hydrogens is 196 g/mol. The van der Waals surface area contributed by atoms with Gasteiger partial charge >= 0.3 is 0 Å². The van der Waals surface area contributed by atoms with Crippen molar-refractivity contribution >= 4 is 0 Å². The van der Waals surface area contributed by atoms with Crippen LogP contribution < -0.4 is 0 Å². The molecule has 2 aliphatic rings. The van der Waals surface area contributed by atoms with Gasteiger partial charge in [0.15, 0.2) is 0 Å². The third kappa shape index (κ3) is 3.10. The van der Waals surface area contributed by atoms with Crippen LogP contribution in [0.25, 0.3) is 0 Å². The van der Waals surface area contributed by atoms with E-state index in [1.165, 1.54) is 32.1 Å². The Morgan fingerprint density at radius 3 is 2.88 bits per heavy atom. The molecule has 3 atom stereocenters. The summed E-state index contributed by atoms with van der Waals surface area (Å²) in [7, 11) is 0. The number of fused-ring (bicyclic) bond motifs is 2. The molecule has 2 aliphatic carbocycles. The third-order valence-corrected chi connectivity index (χ3v) is 4.28. The summed E-state index contributed by atoms with van der Waals surface area (Å²) in [5, 5.41) is 0. The van der Waals surface area contributed by atoms with Crippen molar-refractivity contribution in [1.29, 1.82) is 0 Å².